The Balaban J connectivity index is 1.64. The summed E-state index contributed by atoms with van der Waals surface area (Å²) < 4.78 is 15.7. The van der Waals surface area contributed by atoms with Crippen LogP contribution in [-0.2, 0) is 9.53 Å². The highest BCUT2D eigenvalue weighted by Crippen LogP contribution is 2.36. The number of halogens is 3. The number of aromatic hydroxyl groups is 1. The van der Waals surface area contributed by atoms with Gasteiger partial charge in [-0.25, -0.2) is 4.79 Å². The molecule has 0 aromatic heterocycles. The molecule has 0 heterocycles. The van der Waals surface area contributed by atoms with Gasteiger partial charge in [0, 0.05) is 23.6 Å². The van der Waals surface area contributed by atoms with E-state index in [1.165, 1.54) is 12.1 Å². The fraction of sp³-hybridized carbons (Fsp3) is 0.235. The Hall–Kier alpha value is -1.82. The van der Waals surface area contributed by atoms with Crippen molar-refractivity contribution in [3.8, 4) is 17.2 Å². The summed E-state index contributed by atoms with van der Waals surface area (Å²) in [6, 6.07) is 9.31. The van der Waals surface area contributed by atoms with Crippen LogP contribution in [0.1, 0.15) is 6.42 Å². The fourth-order valence-corrected chi connectivity index (χ4v) is 2.53. The van der Waals surface area contributed by atoms with Crippen LogP contribution in [0.3, 0.4) is 0 Å². The molecule has 0 bridgehead atoms. The lowest BCUT2D eigenvalue weighted by molar-refractivity contribution is -0.146. The van der Waals surface area contributed by atoms with Crippen molar-refractivity contribution in [2.45, 2.75) is 6.42 Å². The molecule has 0 aliphatic rings. The average molecular weight is 406 g/mol. The molecule has 2 aromatic rings. The lowest BCUT2D eigenvalue weighted by Gasteiger charge is -2.11. The van der Waals surface area contributed by atoms with Gasteiger partial charge in [0.25, 0.3) is 0 Å². The van der Waals surface area contributed by atoms with E-state index in [0.29, 0.717) is 17.2 Å². The van der Waals surface area contributed by atoms with E-state index < -0.39 is 5.97 Å². The van der Waals surface area contributed by atoms with Crippen molar-refractivity contribution in [1.82, 2.24) is 0 Å². The SMILES string of the molecule is O=C(COc1ccc(Cl)cc1)OCCCOc1c(Cl)cc(O)cc1Cl. The van der Waals surface area contributed by atoms with Crippen LogP contribution >= 0.6 is 34.8 Å². The molecule has 0 atom stereocenters. The van der Waals surface area contributed by atoms with E-state index in [4.69, 9.17) is 49.0 Å². The maximum Gasteiger partial charge on any atom is 0.344 e. The summed E-state index contributed by atoms with van der Waals surface area (Å²) in [6.45, 7) is 0.212. The summed E-state index contributed by atoms with van der Waals surface area (Å²) in [7, 11) is 0. The zero-order valence-corrected chi connectivity index (χ0v) is 15.3. The summed E-state index contributed by atoms with van der Waals surface area (Å²) in [4.78, 5) is 11.6. The second-order valence-corrected chi connectivity index (χ2v) is 6.15. The van der Waals surface area contributed by atoms with Crippen molar-refractivity contribution >= 4 is 40.8 Å². The van der Waals surface area contributed by atoms with Crippen LogP contribution < -0.4 is 9.47 Å². The molecule has 0 aliphatic carbocycles. The highest BCUT2D eigenvalue weighted by Gasteiger charge is 2.10. The molecule has 2 aromatic carbocycles. The lowest BCUT2D eigenvalue weighted by atomic mass is 10.3. The molecule has 0 fully saturated rings. The molecule has 0 unspecified atom stereocenters. The topological polar surface area (TPSA) is 65.0 Å². The minimum absolute atomic E-state index is 0.0445. The molecular formula is C17H15Cl3O5. The van der Waals surface area contributed by atoms with Gasteiger partial charge in [-0.3, -0.25) is 0 Å². The summed E-state index contributed by atoms with van der Waals surface area (Å²) >= 11 is 17.6. The predicted molar refractivity (Wildman–Crippen MR) is 96.1 cm³/mol. The first-order chi connectivity index (χ1) is 12.0. The van der Waals surface area contributed by atoms with Crippen molar-refractivity contribution in [1.29, 1.82) is 0 Å². The Morgan fingerprint density at radius 1 is 0.960 bits per heavy atom. The van der Waals surface area contributed by atoms with Gasteiger partial charge in [-0.05, 0) is 24.3 Å². The quantitative estimate of drug-likeness (QED) is 0.507. The molecule has 1 N–H and O–H groups in total. The van der Waals surface area contributed by atoms with Gasteiger partial charge in [-0.1, -0.05) is 34.8 Å². The van der Waals surface area contributed by atoms with Gasteiger partial charge in [0.2, 0.25) is 0 Å². The van der Waals surface area contributed by atoms with Crippen molar-refractivity contribution in [3.63, 3.8) is 0 Å². The minimum Gasteiger partial charge on any atom is -0.508 e. The van der Waals surface area contributed by atoms with Gasteiger partial charge in [0.05, 0.1) is 23.3 Å². The zero-order chi connectivity index (χ0) is 18.2. The highest BCUT2D eigenvalue weighted by molar-refractivity contribution is 6.37. The van der Waals surface area contributed by atoms with Crippen LogP contribution in [0, 0.1) is 0 Å². The maximum absolute atomic E-state index is 11.6. The molecule has 8 heteroatoms. The summed E-state index contributed by atoms with van der Waals surface area (Å²) in [6.07, 6.45) is 0.445. The molecule has 0 spiro atoms. The standard InChI is InChI=1S/C17H15Cl3O5/c18-11-2-4-13(5-3-11)25-10-16(22)23-6-1-7-24-17-14(19)8-12(21)9-15(17)20/h2-5,8-9,21H,1,6-7,10H2. The number of carbonyl (C=O) groups excluding carboxylic acids is 1. The second kappa shape index (κ2) is 9.61. The van der Waals surface area contributed by atoms with E-state index in [0.717, 1.165) is 0 Å². The van der Waals surface area contributed by atoms with Crippen LogP contribution in [0.5, 0.6) is 17.2 Å². The van der Waals surface area contributed by atoms with E-state index in [9.17, 15) is 9.90 Å². The van der Waals surface area contributed by atoms with Crippen LogP contribution in [0.25, 0.3) is 0 Å². The second-order valence-electron chi connectivity index (χ2n) is 4.90. The molecule has 0 radical (unpaired) electrons. The number of rotatable bonds is 8. The largest absolute Gasteiger partial charge is 0.508 e. The predicted octanol–water partition coefficient (Wildman–Crippen LogP) is 4.74. The first kappa shape index (κ1) is 19.5. The number of carbonyl (C=O) groups is 1. The molecule has 0 aliphatic heterocycles. The lowest BCUT2D eigenvalue weighted by Crippen LogP contribution is -2.16. The van der Waals surface area contributed by atoms with E-state index in [1.807, 2.05) is 0 Å². The summed E-state index contributed by atoms with van der Waals surface area (Å²) in [5, 5.41) is 10.3. The Kier molecular flexibility index (Phi) is 7.50. The van der Waals surface area contributed by atoms with Gasteiger partial charge < -0.3 is 19.3 Å². The van der Waals surface area contributed by atoms with Gasteiger partial charge in [-0.2, -0.15) is 0 Å². The smallest absolute Gasteiger partial charge is 0.344 e. The average Bonchev–Trinajstić information content (AvgIpc) is 2.56. The fourth-order valence-electron chi connectivity index (χ4n) is 1.82. The maximum atomic E-state index is 11.6. The molecule has 134 valence electrons. The molecule has 0 saturated carbocycles. The molecule has 0 saturated heterocycles. The van der Waals surface area contributed by atoms with Gasteiger partial charge >= 0.3 is 5.97 Å². The number of hydrogen-bond donors (Lipinski definition) is 1. The number of hydrogen-bond acceptors (Lipinski definition) is 5. The van der Waals surface area contributed by atoms with E-state index in [1.54, 1.807) is 24.3 Å². The molecule has 25 heavy (non-hydrogen) atoms. The van der Waals surface area contributed by atoms with Crippen LogP contribution in [-0.4, -0.2) is 30.9 Å². The van der Waals surface area contributed by atoms with E-state index in [2.05, 4.69) is 0 Å². The molecule has 5 nitrogen and oxygen atoms in total. The Bertz CT molecular complexity index is 696. The normalized spacial score (nSPS) is 10.4. The van der Waals surface area contributed by atoms with E-state index >= 15 is 0 Å². The third-order valence-corrected chi connectivity index (χ3v) is 3.76. The third kappa shape index (κ3) is 6.53. The minimum atomic E-state index is -0.490. The Labute approximate surface area is 160 Å². The number of ether oxygens (including phenoxy) is 3. The molecule has 0 amide bonds. The first-order valence-corrected chi connectivity index (χ1v) is 8.44. The molecular weight excluding hydrogens is 391 g/mol. The van der Waals surface area contributed by atoms with Crippen molar-refractivity contribution in [2.75, 3.05) is 19.8 Å². The highest BCUT2D eigenvalue weighted by atomic mass is 35.5. The number of benzene rings is 2. The monoisotopic (exact) mass is 404 g/mol. The van der Waals surface area contributed by atoms with Crippen LogP contribution in [0.4, 0.5) is 0 Å². The Morgan fingerprint density at radius 2 is 1.60 bits per heavy atom. The summed E-state index contributed by atoms with van der Waals surface area (Å²) in [5.74, 6) is 0.271. The third-order valence-electron chi connectivity index (χ3n) is 2.95. The molecule has 2 rings (SSSR count). The van der Waals surface area contributed by atoms with Crippen LogP contribution in [0.15, 0.2) is 36.4 Å². The first-order valence-electron chi connectivity index (χ1n) is 7.30. The van der Waals surface area contributed by atoms with Crippen LogP contribution in [0.2, 0.25) is 15.1 Å². The number of esters is 1. The van der Waals surface area contributed by atoms with Gasteiger partial charge in [-0.15, -0.1) is 0 Å². The van der Waals surface area contributed by atoms with E-state index in [-0.39, 0.29) is 41.4 Å². The number of phenolic OH excluding ortho intramolecular Hbond substituents is 1. The van der Waals surface area contributed by atoms with Crippen molar-refractivity contribution in [3.05, 3.63) is 51.5 Å². The van der Waals surface area contributed by atoms with Crippen molar-refractivity contribution in [2.24, 2.45) is 0 Å². The van der Waals surface area contributed by atoms with Gasteiger partial charge in [0.15, 0.2) is 12.4 Å². The zero-order valence-electron chi connectivity index (χ0n) is 13.0. The van der Waals surface area contributed by atoms with Crippen molar-refractivity contribution < 1.29 is 24.1 Å². The summed E-state index contributed by atoms with van der Waals surface area (Å²) in [5.41, 5.74) is 0. The number of phenols is 1. The van der Waals surface area contributed by atoms with Gasteiger partial charge in [0.1, 0.15) is 11.5 Å². The Morgan fingerprint density at radius 3 is 2.24 bits per heavy atom.